The second-order valence-electron chi connectivity index (χ2n) is 9.94. The van der Waals surface area contributed by atoms with Crippen LogP contribution in [0.5, 0.6) is 0 Å². The molecule has 0 radical (unpaired) electrons. The largest absolute Gasteiger partial charge is 0.550 e. The number of nitrogens with zero attached hydrogens (tertiary/aromatic N) is 1. The molecule has 0 fully saturated rings. The molecule has 0 aliphatic heterocycles. The van der Waals surface area contributed by atoms with Crippen molar-refractivity contribution in [1.29, 1.82) is 0 Å². The van der Waals surface area contributed by atoms with Gasteiger partial charge in [-0.3, -0.25) is 9.59 Å². The van der Waals surface area contributed by atoms with E-state index in [1.54, 1.807) is 0 Å². The highest BCUT2D eigenvalue weighted by Crippen LogP contribution is 2.17. The van der Waals surface area contributed by atoms with Crippen LogP contribution < -0.4 is 5.11 Å². The molecule has 0 aromatic rings. The van der Waals surface area contributed by atoms with Gasteiger partial charge in [0.2, 0.25) is 0 Å². The van der Waals surface area contributed by atoms with E-state index in [9.17, 15) is 19.5 Å². The topological polar surface area (TPSA) is 115 Å². The maximum Gasteiger partial charge on any atom is 0.303 e. The molecule has 0 heterocycles. The highest BCUT2D eigenvalue weighted by Gasteiger charge is 2.26. The molecular weight excluding hydrogens is 446 g/mol. The minimum atomic E-state index is -1.08. The molecular formula is C28H51NO6. The lowest BCUT2D eigenvalue weighted by molar-refractivity contribution is -0.928. The number of carboxylic acid groups (broad SMARTS) is 3. The number of carbonyl (C=O) groups is 3. The molecule has 0 amide bonds. The fourth-order valence-electron chi connectivity index (χ4n) is 4.71. The van der Waals surface area contributed by atoms with Crippen LogP contribution >= 0.6 is 0 Å². The number of carboxylic acids is 3. The summed E-state index contributed by atoms with van der Waals surface area (Å²) >= 11 is 0. The van der Waals surface area contributed by atoms with Crippen molar-refractivity contribution < 1.29 is 34.2 Å². The zero-order valence-electron chi connectivity index (χ0n) is 22.2. The van der Waals surface area contributed by atoms with E-state index in [1.165, 1.54) is 57.8 Å². The summed E-state index contributed by atoms with van der Waals surface area (Å²) in [6.45, 7) is 4.90. The quantitative estimate of drug-likeness (QED) is 0.0949. The monoisotopic (exact) mass is 497 g/mol. The number of unbranched alkanes of at least 4 members (excludes halogenated alkanes) is 10. The van der Waals surface area contributed by atoms with Crippen LogP contribution in [0.1, 0.15) is 122 Å². The highest BCUT2D eigenvalue weighted by atomic mass is 16.4. The molecule has 0 atom stereocenters. The van der Waals surface area contributed by atoms with Crippen molar-refractivity contribution in [2.75, 3.05) is 26.2 Å². The summed E-state index contributed by atoms with van der Waals surface area (Å²) in [5, 5.41) is 29.0. The Hall–Kier alpha value is -1.89. The van der Waals surface area contributed by atoms with E-state index in [1.807, 2.05) is 0 Å². The van der Waals surface area contributed by atoms with Gasteiger partial charge in [0.15, 0.2) is 0 Å². The molecule has 0 rings (SSSR count). The predicted octanol–water partition coefficient (Wildman–Crippen LogP) is 5.32. The van der Waals surface area contributed by atoms with Gasteiger partial charge < -0.3 is 24.6 Å². The van der Waals surface area contributed by atoms with Gasteiger partial charge in [-0.15, -0.1) is 0 Å². The predicted molar refractivity (Wildman–Crippen MR) is 138 cm³/mol. The Morgan fingerprint density at radius 1 is 0.600 bits per heavy atom. The van der Waals surface area contributed by atoms with Crippen molar-refractivity contribution in [1.82, 2.24) is 0 Å². The Morgan fingerprint density at radius 2 is 1.00 bits per heavy atom. The molecule has 0 saturated heterocycles. The van der Waals surface area contributed by atoms with Gasteiger partial charge in [0.25, 0.3) is 0 Å². The van der Waals surface area contributed by atoms with Crippen LogP contribution in [-0.2, 0) is 14.4 Å². The van der Waals surface area contributed by atoms with E-state index in [0.717, 1.165) is 25.8 Å². The molecule has 0 bridgehead atoms. The Bertz CT molecular complexity index is 540. The SMILES string of the molecule is CCCCCCCCCCC/C=C/CCC[N+](CCCC(=O)[O-])(CCCC(=O)O)CCCC(=O)O. The summed E-state index contributed by atoms with van der Waals surface area (Å²) in [7, 11) is 0. The molecule has 0 aromatic heterocycles. The normalized spacial score (nSPS) is 11.8. The first-order valence-corrected chi connectivity index (χ1v) is 13.9. The second kappa shape index (κ2) is 22.6. The van der Waals surface area contributed by atoms with Gasteiger partial charge in [-0.05, 0) is 25.7 Å². The number of aliphatic carboxylic acids is 3. The van der Waals surface area contributed by atoms with Crippen molar-refractivity contribution >= 4 is 17.9 Å². The third-order valence-electron chi connectivity index (χ3n) is 6.70. The second-order valence-corrected chi connectivity index (χ2v) is 9.94. The van der Waals surface area contributed by atoms with Gasteiger partial charge in [0.1, 0.15) is 0 Å². The maximum absolute atomic E-state index is 11.0. The molecule has 7 nitrogen and oxygen atoms in total. The Kier molecular flexibility index (Phi) is 21.3. The molecule has 0 saturated carbocycles. The molecule has 7 heteroatoms. The van der Waals surface area contributed by atoms with E-state index >= 15 is 0 Å². The molecule has 204 valence electrons. The van der Waals surface area contributed by atoms with Crippen molar-refractivity contribution in [3.05, 3.63) is 12.2 Å². The fraction of sp³-hybridized carbons (Fsp3) is 0.821. The van der Waals surface area contributed by atoms with Gasteiger partial charge in [0.05, 0.1) is 39.0 Å². The first kappa shape index (κ1) is 33.1. The van der Waals surface area contributed by atoms with Crippen LogP contribution in [0.15, 0.2) is 12.2 Å². The van der Waals surface area contributed by atoms with Crippen molar-refractivity contribution in [2.24, 2.45) is 0 Å². The van der Waals surface area contributed by atoms with Gasteiger partial charge in [-0.25, -0.2) is 0 Å². The minimum Gasteiger partial charge on any atom is -0.550 e. The standard InChI is InChI=1S/C28H51NO6/c1-2-3-4-5-6-7-8-9-10-11-12-13-14-15-22-29(23-16-19-26(30)31,24-17-20-27(32)33)25-18-21-28(34)35/h12-13H,2-11,14-25H2,1H3,(H2-,30,31,32,33,34,35)/b13-12+. The average Bonchev–Trinajstić information content (AvgIpc) is 2.78. The highest BCUT2D eigenvalue weighted by molar-refractivity contribution is 5.66. The number of hydrogen-bond donors (Lipinski definition) is 2. The summed E-state index contributed by atoms with van der Waals surface area (Å²) in [4.78, 5) is 32.9. The fourth-order valence-corrected chi connectivity index (χ4v) is 4.71. The van der Waals surface area contributed by atoms with Crippen molar-refractivity contribution in [3.63, 3.8) is 0 Å². The molecule has 0 spiro atoms. The smallest absolute Gasteiger partial charge is 0.303 e. The van der Waals surface area contributed by atoms with E-state index in [-0.39, 0.29) is 19.3 Å². The lowest BCUT2D eigenvalue weighted by Crippen LogP contribution is -2.51. The number of hydrogen-bond acceptors (Lipinski definition) is 4. The first-order chi connectivity index (χ1) is 16.8. The Morgan fingerprint density at radius 3 is 1.46 bits per heavy atom. The molecule has 35 heavy (non-hydrogen) atoms. The van der Waals surface area contributed by atoms with Crippen LogP contribution in [0, 0.1) is 0 Å². The van der Waals surface area contributed by atoms with Crippen molar-refractivity contribution in [2.45, 2.75) is 122 Å². The van der Waals surface area contributed by atoms with Crippen LogP contribution in [0.3, 0.4) is 0 Å². The van der Waals surface area contributed by atoms with Crippen LogP contribution in [0.25, 0.3) is 0 Å². The third kappa shape index (κ3) is 22.3. The van der Waals surface area contributed by atoms with Crippen molar-refractivity contribution in [3.8, 4) is 0 Å². The first-order valence-electron chi connectivity index (χ1n) is 13.9. The lowest BCUT2D eigenvalue weighted by Gasteiger charge is -2.39. The van der Waals surface area contributed by atoms with Crippen LogP contribution in [0.2, 0.25) is 0 Å². The molecule has 0 aliphatic rings. The maximum atomic E-state index is 11.0. The summed E-state index contributed by atoms with van der Waals surface area (Å²) in [5.74, 6) is -2.77. The number of carbonyl (C=O) groups excluding carboxylic acids is 1. The van der Waals surface area contributed by atoms with Gasteiger partial charge >= 0.3 is 11.9 Å². The summed E-state index contributed by atoms with van der Waals surface area (Å²) in [6, 6.07) is 0. The van der Waals surface area contributed by atoms with E-state index in [4.69, 9.17) is 10.2 Å². The number of quaternary nitrogens is 1. The Labute approximate surface area is 213 Å². The molecule has 2 N–H and O–H groups in total. The summed E-state index contributed by atoms with van der Waals surface area (Å²) in [5.41, 5.74) is 0. The van der Waals surface area contributed by atoms with E-state index in [2.05, 4.69) is 19.1 Å². The average molecular weight is 498 g/mol. The zero-order chi connectivity index (χ0) is 26.2. The lowest BCUT2D eigenvalue weighted by atomic mass is 10.1. The molecule has 0 unspecified atom stereocenters. The van der Waals surface area contributed by atoms with E-state index in [0.29, 0.717) is 43.4 Å². The van der Waals surface area contributed by atoms with Gasteiger partial charge in [0, 0.05) is 31.7 Å². The van der Waals surface area contributed by atoms with Gasteiger partial charge in [-0.1, -0.05) is 70.4 Å². The zero-order valence-corrected chi connectivity index (χ0v) is 22.2. The summed E-state index contributed by atoms with van der Waals surface area (Å²) < 4.78 is 0.583. The third-order valence-corrected chi connectivity index (χ3v) is 6.70. The Balaban J connectivity index is 4.47. The summed E-state index contributed by atoms with van der Waals surface area (Å²) in [6.07, 6.45) is 20.9. The number of allylic oxidation sites excluding steroid dienone is 2. The molecule has 0 aliphatic carbocycles. The number of rotatable bonds is 26. The van der Waals surface area contributed by atoms with Crippen LogP contribution in [0.4, 0.5) is 0 Å². The van der Waals surface area contributed by atoms with E-state index < -0.39 is 17.9 Å². The minimum absolute atomic E-state index is 0.0312. The molecule has 0 aromatic carbocycles. The van der Waals surface area contributed by atoms with Crippen LogP contribution in [-0.4, -0.2) is 58.8 Å². The van der Waals surface area contributed by atoms with Gasteiger partial charge in [-0.2, -0.15) is 0 Å².